The number of nitrogens with one attached hydrogen (secondary N) is 2. The van der Waals surface area contributed by atoms with Gasteiger partial charge in [-0.15, -0.1) is 0 Å². The summed E-state index contributed by atoms with van der Waals surface area (Å²) in [7, 11) is 0. The lowest BCUT2D eigenvalue weighted by Crippen LogP contribution is -2.47. The highest BCUT2D eigenvalue weighted by molar-refractivity contribution is 5.54. The van der Waals surface area contributed by atoms with Crippen LogP contribution in [0.25, 0.3) is 0 Å². The third-order valence-corrected chi connectivity index (χ3v) is 3.50. The van der Waals surface area contributed by atoms with Gasteiger partial charge in [0.05, 0.1) is 0 Å². The minimum atomic E-state index is -0.145. The van der Waals surface area contributed by atoms with E-state index in [1.165, 1.54) is 5.56 Å². The van der Waals surface area contributed by atoms with Gasteiger partial charge in [0.1, 0.15) is 5.82 Å². The maximum absolute atomic E-state index is 13.1. The number of halogens is 1. The predicted molar refractivity (Wildman–Crippen MR) is 58.5 cm³/mol. The lowest BCUT2D eigenvalue weighted by Gasteiger charge is -2.38. The second-order valence-electron chi connectivity index (χ2n) is 4.51. The van der Waals surface area contributed by atoms with E-state index >= 15 is 0 Å². The Labute approximate surface area is 88.9 Å². The molecule has 1 saturated heterocycles. The Morgan fingerprint density at radius 3 is 3.20 bits per heavy atom. The fourth-order valence-corrected chi connectivity index (χ4v) is 2.67. The number of hydrogen-bond acceptors (Lipinski definition) is 2. The van der Waals surface area contributed by atoms with Crippen LogP contribution in [0.5, 0.6) is 0 Å². The van der Waals surface area contributed by atoms with Gasteiger partial charge in [-0.1, -0.05) is 6.07 Å². The van der Waals surface area contributed by atoms with Crippen LogP contribution >= 0.6 is 0 Å². The normalized spacial score (nSPS) is 28.9. The summed E-state index contributed by atoms with van der Waals surface area (Å²) in [6, 6.07) is 5.60. The Balaban J connectivity index is 1.92. The number of hydrogen-bond donors (Lipinski definition) is 2. The molecule has 1 aromatic carbocycles. The second kappa shape index (κ2) is 3.49. The largest absolute Gasteiger partial charge is 0.382 e. The highest BCUT2D eigenvalue weighted by Crippen LogP contribution is 2.31. The molecule has 2 N–H and O–H groups in total. The summed E-state index contributed by atoms with van der Waals surface area (Å²) >= 11 is 0. The van der Waals surface area contributed by atoms with Crippen molar-refractivity contribution in [3.05, 3.63) is 29.6 Å². The number of piperidine rings is 1. The fraction of sp³-hybridized carbons (Fsp3) is 0.500. The summed E-state index contributed by atoms with van der Waals surface area (Å²) in [6.45, 7) is 2.15. The molecule has 15 heavy (non-hydrogen) atoms. The average molecular weight is 206 g/mol. The van der Waals surface area contributed by atoms with Crippen LogP contribution in [0.3, 0.4) is 0 Å². The van der Waals surface area contributed by atoms with Gasteiger partial charge in [0, 0.05) is 18.3 Å². The summed E-state index contributed by atoms with van der Waals surface area (Å²) < 4.78 is 13.1. The fourth-order valence-electron chi connectivity index (χ4n) is 2.67. The van der Waals surface area contributed by atoms with Crippen LogP contribution in [0.2, 0.25) is 0 Å². The molecule has 3 rings (SSSR count). The monoisotopic (exact) mass is 206 g/mol. The molecule has 80 valence electrons. The number of rotatable bonds is 0. The first-order valence-corrected chi connectivity index (χ1v) is 5.58. The van der Waals surface area contributed by atoms with Crippen molar-refractivity contribution >= 4 is 5.69 Å². The molecule has 2 heterocycles. The van der Waals surface area contributed by atoms with Crippen molar-refractivity contribution in [2.24, 2.45) is 5.92 Å². The molecule has 0 radical (unpaired) electrons. The van der Waals surface area contributed by atoms with Crippen molar-refractivity contribution in [2.75, 3.05) is 18.4 Å². The summed E-state index contributed by atoms with van der Waals surface area (Å²) in [4.78, 5) is 0. The van der Waals surface area contributed by atoms with E-state index in [9.17, 15) is 4.39 Å². The molecule has 0 aromatic heterocycles. The van der Waals surface area contributed by atoms with Gasteiger partial charge in [-0.3, -0.25) is 0 Å². The summed E-state index contributed by atoms with van der Waals surface area (Å²) in [6.07, 6.45) is 2.21. The molecule has 0 spiro atoms. The predicted octanol–water partition coefficient (Wildman–Crippen LogP) is 1.77. The Kier molecular flexibility index (Phi) is 2.13. The van der Waals surface area contributed by atoms with Crippen LogP contribution in [0.15, 0.2) is 18.2 Å². The van der Waals surface area contributed by atoms with Gasteiger partial charge < -0.3 is 10.6 Å². The van der Waals surface area contributed by atoms with E-state index < -0.39 is 0 Å². The Hall–Kier alpha value is -1.09. The quantitative estimate of drug-likeness (QED) is 0.676. The van der Waals surface area contributed by atoms with E-state index in [1.807, 2.05) is 6.07 Å². The minimum absolute atomic E-state index is 0.145. The van der Waals surface area contributed by atoms with Gasteiger partial charge in [-0.25, -0.2) is 4.39 Å². The summed E-state index contributed by atoms with van der Waals surface area (Å²) in [5, 5.41) is 6.87. The maximum Gasteiger partial charge on any atom is 0.125 e. The zero-order valence-electron chi connectivity index (χ0n) is 8.59. The van der Waals surface area contributed by atoms with E-state index in [2.05, 4.69) is 10.6 Å². The van der Waals surface area contributed by atoms with E-state index in [0.29, 0.717) is 12.0 Å². The molecule has 0 bridgehead atoms. The third-order valence-electron chi connectivity index (χ3n) is 3.50. The zero-order valence-corrected chi connectivity index (χ0v) is 8.59. The molecule has 0 saturated carbocycles. The topological polar surface area (TPSA) is 24.1 Å². The highest BCUT2D eigenvalue weighted by atomic mass is 19.1. The third kappa shape index (κ3) is 1.61. The molecule has 1 fully saturated rings. The van der Waals surface area contributed by atoms with Crippen molar-refractivity contribution in [2.45, 2.75) is 18.9 Å². The van der Waals surface area contributed by atoms with Crippen molar-refractivity contribution in [1.29, 1.82) is 0 Å². The molecule has 2 aliphatic heterocycles. The zero-order chi connectivity index (χ0) is 10.3. The molecular formula is C12H15FN2. The first-order valence-electron chi connectivity index (χ1n) is 5.58. The van der Waals surface area contributed by atoms with Crippen LogP contribution in [0.1, 0.15) is 12.0 Å². The smallest absolute Gasteiger partial charge is 0.125 e. The van der Waals surface area contributed by atoms with Crippen molar-refractivity contribution in [3.8, 4) is 0 Å². The van der Waals surface area contributed by atoms with Crippen molar-refractivity contribution in [1.82, 2.24) is 5.32 Å². The summed E-state index contributed by atoms with van der Waals surface area (Å²) in [5.41, 5.74) is 2.25. The van der Waals surface area contributed by atoms with Gasteiger partial charge in [0.15, 0.2) is 0 Å². The number of benzene rings is 1. The van der Waals surface area contributed by atoms with Crippen LogP contribution in [-0.4, -0.2) is 19.1 Å². The first-order chi connectivity index (χ1) is 7.33. The Morgan fingerprint density at radius 2 is 2.27 bits per heavy atom. The molecule has 2 unspecified atom stereocenters. The van der Waals surface area contributed by atoms with E-state index in [4.69, 9.17) is 0 Å². The molecule has 2 atom stereocenters. The molecule has 1 aromatic rings. The van der Waals surface area contributed by atoms with Crippen LogP contribution in [-0.2, 0) is 6.42 Å². The van der Waals surface area contributed by atoms with Crippen LogP contribution in [0, 0.1) is 11.7 Å². The van der Waals surface area contributed by atoms with Crippen molar-refractivity contribution in [3.63, 3.8) is 0 Å². The van der Waals surface area contributed by atoms with E-state index in [1.54, 1.807) is 12.1 Å². The van der Waals surface area contributed by atoms with Gasteiger partial charge in [-0.2, -0.15) is 0 Å². The SMILES string of the molecule is Fc1ccc2c(c1)NC1CCNCC1C2. The maximum atomic E-state index is 13.1. The van der Waals surface area contributed by atoms with Gasteiger partial charge in [0.25, 0.3) is 0 Å². The molecule has 3 heteroatoms. The van der Waals surface area contributed by atoms with Gasteiger partial charge >= 0.3 is 0 Å². The molecule has 0 amide bonds. The lowest BCUT2D eigenvalue weighted by atomic mass is 9.83. The Morgan fingerprint density at radius 1 is 1.33 bits per heavy atom. The Bertz CT molecular complexity index is 378. The van der Waals surface area contributed by atoms with Crippen LogP contribution in [0.4, 0.5) is 10.1 Å². The molecular weight excluding hydrogens is 191 g/mol. The van der Waals surface area contributed by atoms with E-state index in [-0.39, 0.29) is 5.82 Å². The van der Waals surface area contributed by atoms with Crippen molar-refractivity contribution < 1.29 is 4.39 Å². The molecule has 2 aliphatic rings. The molecule has 0 aliphatic carbocycles. The van der Waals surface area contributed by atoms with Gasteiger partial charge in [0.2, 0.25) is 0 Å². The molecule has 2 nitrogen and oxygen atoms in total. The lowest BCUT2D eigenvalue weighted by molar-refractivity contribution is 0.333. The minimum Gasteiger partial charge on any atom is -0.382 e. The number of anilines is 1. The summed E-state index contributed by atoms with van der Waals surface area (Å²) in [5.74, 6) is 0.519. The average Bonchev–Trinajstić information content (AvgIpc) is 2.26. The second-order valence-corrected chi connectivity index (χ2v) is 4.51. The van der Waals surface area contributed by atoms with Gasteiger partial charge in [-0.05, 0) is 43.0 Å². The first kappa shape index (κ1) is 9.16. The number of fused-ring (bicyclic) bond motifs is 2. The highest BCUT2D eigenvalue weighted by Gasteiger charge is 2.29. The standard InChI is InChI=1S/C12H15FN2/c13-10-2-1-8-5-9-7-14-4-3-11(9)15-12(8)6-10/h1-2,6,9,11,14-15H,3-5,7H2. The van der Waals surface area contributed by atoms with Crippen LogP contribution < -0.4 is 10.6 Å². The van der Waals surface area contributed by atoms with E-state index in [0.717, 1.165) is 31.6 Å².